The lowest BCUT2D eigenvalue weighted by atomic mass is 9.92. The fraction of sp³-hybridized carbons (Fsp3) is 0.588. The molecule has 4 nitrogen and oxygen atoms in total. The van der Waals surface area contributed by atoms with Gasteiger partial charge in [-0.05, 0) is 31.4 Å². The van der Waals surface area contributed by atoms with Crippen molar-refractivity contribution in [2.75, 3.05) is 11.4 Å². The molecule has 1 N–H and O–H groups in total. The molecular weight excluding hydrogens is 266 g/mol. The van der Waals surface area contributed by atoms with Crippen LogP contribution in [0.4, 0.5) is 5.69 Å². The van der Waals surface area contributed by atoms with Crippen molar-refractivity contribution < 1.29 is 14.6 Å². The molecule has 0 aliphatic carbocycles. The number of nitrogens with zero attached hydrogens (tertiary/aromatic N) is 1. The van der Waals surface area contributed by atoms with Crippen LogP contribution < -0.4 is 9.64 Å². The number of hydrogen-bond acceptors (Lipinski definition) is 3. The summed E-state index contributed by atoms with van der Waals surface area (Å²) in [5.74, 6) is 0.814. The zero-order valence-electron chi connectivity index (χ0n) is 13.2. The first-order valence-electron chi connectivity index (χ1n) is 7.92. The highest BCUT2D eigenvalue weighted by Gasteiger charge is 2.45. The van der Waals surface area contributed by atoms with Crippen LogP contribution in [0, 0.1) is 0 Å². The molecule has 0 radical (unpaired) electrons. The van der Waals surface area contributed by atoms with Gasteiger partial charge in [0.1, 0.15) is 11.5 Å². The Balaban J connectivity index is 2.39. The molecule has 1 amide bonds. The number of fused-ring (bicyclic) bond motifs is 1. The molecule has 1 aromatic rings. The minimum absolute atomic E-state index is 0.0433. The maximum Gasteiger partial charge on any atom is 0.271 e. The third kappa shape index (κ3) is 2.85. The Labute approximate surface area is 126 Å². The SMILES string of the molecule is CCCCCN1C(=O)C(CC)(CC)Oc2cc(O)ccc21. The second-order valence-electron chi connectivity index (χ2n) is 5.62. The van der Waals surface area contributed by atoms with Crippen LogP contribution in [0.25, 0.3) is 0 Å². The molecule has 0 aromatic heterocycles. The monoisotopic (exact) mass is 291 g/mol. The lowest BCUT2D eigenvalue weighted by Gasteiger charge is -2.42. The molecule has 1 aromatic carbocycles. The summed E-state index contributed by atoms with van der Waals surface area (Å²) in [6.45, 7) is 6.80. The number of rotatable bonds is 6. The summed E-state index contributed by atoms with van der Waals surface area (Å²) in [6, 6.07) is 4.98. The average molecular weight is 291 g/mol. The van der Waals surface area contributed by atoms with Gasteiger partial charge < -0.3 is 14.7 Å². The van der Waals surface area contributed by atoms with Gasteiger partial charge in [0.25, 0.3) is 5.91 Å². The number of carbonyl (C=O) groups excluding carboxylic acids is 1. The topological polar surface area (TPSA) is 49.8 Å². The fourth-order valence-electron chi connectivity index (χ4n) is 2.86. The molecule has 116 valence electrons. The first-order valence-corrected chi connectivity index (χ1v) is 7.92. The molecule has 0 saturated heterocycles. The number of amides is 1. The number of benzene rings is 1. The van der Waals surface area contributed by atoms with E-state index in [0.717, 1.165) is 24.9 Å². The van der Waals surface area contributed by atoms with Gasteiger partial charge in [-0.3, -0.25) is 4.79 Å². The third-order valence-electron chi connectivity index (χ3n) is 4.30. The maximum absolute atomic E-state index is 12.9. The minimum atomic E-state index is -0.799. The number of aromatic hydroxyl groups is 1. The summed E-state index contributed by atoms with van der Waals surface area (Å²) in [6.07, 6.45) is 4.45. The smallest absolute Gasteiger partial charge is 0.271 e. The van der Waals surface area contributed by atoms with Crippen LogP contribution in [0.2, 0.25) is 0 Å². The zero-order valence-corrected chi connectivity index (χ0v) is 13.2. The van der Waals surface area contributed by atoms with E-state index in [1.165, 1.54) is 0 Å². The van der Waals surface area contributed by atoms with Gasteiger partial charge in [0, 0.05) is 12.6 Å². The number of phenols is 1. The largest absolute Gasteiger partial charge is 0.508 e. The molecule has 0 atom stereocenters. The van der Waals surface area contributed by atoms with Crippen LogP contribution in [0.15, 0.2) is 18.2 Å². The predicted molar refractivity (Wildman–Crippen MR) is 83.9 cm³/mol. The van der Waals surface area contributed by atoms with E-state index in [4.69, 9.17) is 4.74 Å². The summed E-state index contributed by atoms with van der Waals surface area (Å²) in [7, 11) is 0. The van der Waals surface area contributed by atoms with E-state index in [9.17, 15) is 9.90 Å². The van der Waals surface area contributed by atoms with Gasteiger partial charge in [-0.2, -0.15) is 0 Å². The normalized spacial score (nSPS) is 16.5. The molecule has 0 unspecified atom stereocenters. The summed E-state index contributed by atoms with van der Waals surface area (Å²) in [4.78, 5) is 14.7. The van der Waals surface area contributed by atoms with Crippen LogP contribution in [0.1, 0.15) is 52.9 Å². The van der Waals surface area contributed by atoms with Crippen molar-refractivity contribution in [3.05, 3.63) is 18.2 Å². The van der Waals surface area contributed by atoms with Crippen molar-refractivity contribution in [3.63, 3.8) is 0 Å². The second kappa shape index (κ2) is 6.37. The summed E-state index contributed by atoms with van der Waals surface area (Å²) in [5, 5.41) is 9.69. The molecule has 0 fully saturated rings. The molecular formula is C17H25NO3. The van der Waals surface area contributed by atoms with Gasteiger partial charge in [0.05, 0.1) is 5.69 Å². The number of ether oxygens (including phenoxy) is 1. The van der Waals surface area contributed by atoms with Crippen LogP contribution in [0.3, 0.4) is 0 Å². The fourth-order valence-corrected chi connectivity index (χ4v) is 2.86. The maximum atomic E-state index is 12.9. The molecule has 0 spiro atoms. The molecule has 4 heteroatoms. The predicted octanol–water partition coefficient (Wildman–Crippen LogP) is 3.87. The summed E-state index contributed by atoms with van der Waals surface area (Å²) in [5.41, 5.74) is -0.0288. The number of unbranched alkanes of at least 4 members (excludes halogenated alkanes) is 2. The van der Waals surface area contributed by atoms with Crippen molar-refractivity contribution in [2.24, 2.45) is 0 Å². The first kappa shape index (κ1) is 15.7. The van der Waals surface area contributed by atoms with Crippen LogP contribution in [-0.2, 0) is 4.79 Å². The Hall–Kier alpha value is -1.71. The number of anilines is 1. The molecule has 1 aliphatic heterocycles. The Kier molecular flexibility index (Phi) is 4.76. The van der Waals surface area contributed by atoms with E-state index in [0.29, 0.717) is 25.1 Å². The van der Waals surface area contributed by atoms with Gasteiger partial charge in [0.15, 0.2) is 5.60 Å². The molecule has 2 rings (SSSR count). The van der Waals surface area contributed by atoms with E-state index >= 15 is 0 Å². The van der Waals surface area contributed by atoms with E-state index in [1.54, 1.807) is 18.2 Å². The van der Waals surface area contributed by atoms with E-state index in [2.05, 4.69) is 6.92 Å². The number of carbonyl (C=O) groups is 1. The van der Waals surface area contributed by atoms with Crippen molar-refractivity contribution in [3.8, 4) is 11.5 Å². The third-order valence-corrected chi connectivity index (χ3v) is 4.30. The van der Waals surface area contributed by atoms with E-state index in [-0.39, 0.29) is 11.7 Å². The lowest BCUT2D eigenvalue weighted by molar-refractivity contribution is -0.136. The average Bonchev–Trinajstić information content (AvgIpc) is 2.49. The lowest BCUT2D eigenvalue weighted by Crippen LogP contribution is -2.55. The van der Waals surface area contributed by atoms with Crippen molar-refractivity contribution >= 4 is 11.6 Å². The quantitative estimate of drug-likeness (QED) is 0.809. The standard InChI is InChI=1S/C17H25NO3/c1-4-7-8-11-18-14-10-9-13(19)12-15(14)21-17(5-2,6-3)16(18)20/h9-10,12,19H,4-8,11H2,1-3H3. The van der Waals surface area contributed by atoms with Crippen LogP contribution in [-0.4, -0.2) is 23.2 Å². The Morgan fingerprint density at radius 2 is 1.90 bits per heavy atom. The molecule has 1 heterocycles. The van der Waals surface area contributed by atoms with E-state index < -0.39 is 5.60 Å². The Bertz CT molecular complexity index is 509. The zero-order chi connectivity index (χ0) is 15.5. The van der Waals surface area contributed by atoms with Gasteiger partial charge in [0.2, 0.25) is 0 Å². The Morgan fingerprint density at radius 1 is 1.19 bits per heavy atom. The molecule has 1 aliphatic rings. The minimum Gasteiger partial charge on any atom is -0.508 e. The van der Waals surface area contributed by atoms with Gasteiger partial charge >= 0.3 is 0 Å². The van der Waals surface area contributed by atoms with Crippen molar-refractivity contribution in [1.29, 1.82) is 0 Å². The van der Waals surface area contributed by atoms with Crippen LogP contribution in [0.5, 0.6) is 11.5 Å². The molecule has 0 saturated carbocycles. The van der Waals surface area contributed by atoms with Crippen molar-refractivity contribution in [2.45, 2.75) is 58.5 Å². The highest BCUT2D eigenvalue weighted by molar-refractivity contribution is 6.02. The highest BCUT2D eigenvalue weighted by Crippen LogP contribution is 2.42. The van der Waals surface area contributed by atoms with Gasteiger partial charge in [-0.15, -0.1) is 0 Å². The van der Waals surface area contributed by atoms with Gasteiger partial charge in [-0.1, -0.05) is 33.6 Å². The second-order valence-corrected chi connectivity index (χ2v) is 5.62. The molecule has 21 heavy (non-hydrogen) atoms. The first-order chi connectivity index (χ1) is 10.1. The Morgan fingerprint density at radius 3 is 2.52 bits per heavy atom. The number of phenolic OH excluding ortho intramolecular Hbond substituents is 1. The van der Waals surface area contributed by atoms with E-state index in [1.807, 2.05) is 18.7 Å². The van der Waals surface area contributed by atoms with Gasteiger partial charge in [-0.25, -0.2) is 0 Å². The van der Waals surface area contributed by atoms with Crippen LogP contribution >= 0.6 is 0 Å². The summed E-state index contributed by atoms with van der Waals surface area (Å²) >= 11 is 0. The summed E-state index contributed by atoms with van der Waals surface area (Å²) < 4.78 is 6.00. The molecule has 0 bridgehead atoms. The number of hydrogen-bond donors (Lipinski definition) is 1. The highest BCUT2D eigenvalue weighted by atomic mass is 16.5. The van der Waals surface area contributed by atoms with Crippen molar-refractivity contribution in [1.82, 2.24) is 0 Å².